The van der Waals surface area contributed by atoms with Crippen LogP contribution in [0.25, 0.3) is 11.3 Å². The molecule has 5 nitrogen and oxygen atoms in total. The molecular formula is C17H22N2O3S. The van der Waals surface area contributed by atoms with Crippen molar-refractivity contribution in [2.45, 2.75) is 51.4 Å². The number of sulfonamides is 1. The van der Waals surface area contributed by atoms with Crippen molar-refractivity contribution in [3.63, 3.8) is 0 Å². The van der Waals surface area contributed by atoms with E-state index in [2.05, 4.69) is 5.16 Å². The maximum Gasteiger partial charge on any atom is 0.222 e. The van der Waals surface area contributed by atoms with E-state index >= 15 is 0 Å². The first-order valence-corrected chi connectivity index (χ1v) is 9.51. The fourth-order valence-electron chi connectivity index (χ4n) is 2.79. The lowest BCUT2D eigenvalue weighted by Gasteiger charge is -2.25. The Labute approximate surface area is 137 Å². The minimum Gasteiger partial charge on any atom is -0.360 e. The van der Waals surface area contributed by atoms with Gasteiger partial charge in [-0.1, -0.05) is 35.0 Å². The third-order valence-electron chi connectivity index (χ3n) is 3.97. The molecule has 1 fully saturated rings. The van der Waals surface area contributed by atoms with Gasteiger partial charge < -0.3 is 4.52 Å². The average molecular weight is 334 g/mol. The molecule has 0 unspecified atom stereocenters. The van der Waals surface area contributed by atoms with Crippen LogP contribution in [0, 0.1) is 6.92 Å². The third-order valence-corrected chi connectivity index (χ3v) is 5.98. The Bertz CT molecular complexity index is 772. The van der Waals surface area contributed by atoms with Crippen molar-refractivity contribution in [2.24, 2.45) is 0 Å². The highest BCUT2D eigenvalue weighted by Crippen LogP contribution is 2.32. The van der Waals surface area contributed by atoms with Crippen LogP contribution in [-0.2, 0) is 15.8 Å². The molecule has 0 bridgehead atoms. The van der Waals surface area contributed by atoms with Crippen molar-refractivity contribution in [3.05, 3.63) is 41.7 Å². The van der Waals surface area contributed by atoms with E-state index in [1.165, 1.54) is 0 Å². The Morgan fingerprint density at radius 3 is 2.48 bits per heavy atom. The number of rotatable bonds is 6. The van der Waals surface area contributed by atoms with Gasteiger partial charge in [0.15, 0.2) is 5.76 Å². The highest BCUT2D eigenvalue weighted by Gasteiger charge is 2.39. The Morgan fingerprint density at radius 1 is 1.26 bits per heavy atom. The van der Waals surface area contributed by atoms with Crippen LogP contribution in [0.4, 0.5) is 0 Å². The van der Waals surface area contributed by atoms with Crippen molar-refractivity contribution in [2.75, 3.05) is 0 Å². The van der Waals surface area contributed by atoms with Crippen LogP contribution >= 0.6 is 0 Å². The summed E-state index contributed by atoms with van der Waals surface area (Å²) in [4.78, 5) is 0. The zero-order valence-electron chi connectivity index (χ0n) is 13.7. The van der Waals surface area contributed by atoms with E-state index in [-0.39, 0.29) is 17.8 Å². The molecule has 0 N–H and O–H groups in total. The van der Waals surface area contributed by atoms with Crippen molar-refractivity contribution in [1.82, 2.24) is 9.46 Å². The molecule has 1 aromatic carbocycles. The summed E-state index contributed by atoms with van der Waals surface area (Å²) in [5.41, 5.74) is 2.75. The average Bonchev–Trinajstić information content (AvgIpc) is 3.17. The van der Waals surface area contributed by atoms with Gasteiger partial charge in [0.25, 0.3) is 0 Å². The van der Waals surface area contributed by atoms with Crippen LogP contribution in [0.3, 0.4) is 0 Å². The van der Waals surface area contributed by atoms with Gasteiger partial charge >= 0.3 is 0 Å². The van der Waals surface area contributed by atoms with Crippen molar-refractivity contribution in [3.8, 4) is 11.3 Å². The van der Waals surface area contributed by atoms with E-state index in [1.54, 1.807) is 10.4 Å². The smallest absolute Gasteiger partial charge is 0.222 e. The molecule has 0 amide bonds. The molecule has 1 heterocycles. The van der Waals surface area contributed by atoms with E-state index in [0.717, 1.165) is 24.0 Å². The molecule has 0 atom stereocenters. The second-order valence-electron chi connectivity index (χ2n) is 6.46. The normalized spacial score (nSPS) is 15.5. The summed E-state index contributed by atoms with van der Waals surface area (Å²) in [6, 6.07) is 9.73. The van der Waals surface area contributed by atoms with Crippen LogP contribution in [0.15, 0.2) is 34.9 Å². The first kappa shape index (κ1) is 16.2. The van der Waals surface area contributed by atoms with E-state index in [4.69, 9.17) is 4.52 Å². The molecule has 1 aliphatic rings. The number of benzene rings is 1. The van der Waals surface area contributed by atoms with E-state index in [0.29, 0.717) is 11.5 Å². The number of aromatic nitrogens is 1. The quantitative estimate of drug-likeness (QED) is 0.812. The largest absolute Gasteiger partial charge is 0.360 e. The van der Waals surface area contributed by atoms with Gasteiger partial charge in [0.1, 0.15) is 11.4 Å². The zero-order valence-corrected chi connectivity index (χ0v) is 14.5. The minimum atomic E-state index is -3.39. The molecule has 1 aliphatic carbocycles. The summed E-state index contributed by atoms with van der Waals surface area (Å²) in [5, 5.41) is 4.01. The van der Waals surface area contributed by atoms with Gasteiger partial charge in [-0.25, -0.2) is 8.42 Å². The first-order chi connectivity index (χ1) is 10.9. The minimum absolute atomic E-state index is 0.0352. The second kappa shape index (κ2) is 6.09. The van der Waals surface area contributed by atoms with E-state index < -0.39 is 10.0 Å². The van der Waals surface area contributed by atoms with Gasteiger partial charge in [-0.2, -0.15) is 4.31 Å². The Hall–Kier alpha value is -1.66. The number of aryl methyl sites for hydroxylation is 1. The SMILES string of the molecule is Cc1ccc(-c2cc(CS(=O)(=O)N(C(C)C)C3CC3)on2)cc1. The van der Waals surface area contributed by atoms with Gasteiger partial charge in [-0.05, 0) is 33.6 Å². The van der Waals surface area contributed by atoms with Crippen LogP contribution in [-0.4, -0.2) is 30.0 Å². The topological polar surface area (TPSA) is 63.4 Å². The van der Waals surface area contributed by atoms with E-state index in [1.807, 2.05) is 45.0 Å². The summed E-state index contributed by atoms with van der Waals surface area (Å²) < 4.78 is 32.2. The third kappa shape index (κ3) is 3.64. The van der Waals surface area contributed by atoms with Gasteiger partial charge in [0, 0.05) is 23.7 Å². The molecular weight excluding hydrogens is 312 g/mol. The number of hydrogen-bond acceptors (Lipinski definition) is 4. The van der Waals surface area contributed by atoms with Crippen LogP contribution in [0.1, 0.15) is 38.0 Å². The van der Waals surface area contributed by atoms with Crippen LogP contribution in [0.5, 0.6) is 0 Å². The Kier molecular flexibility index (Phi) is 4.29. The molecule has 1 saturated carbocycles. The highest BCUT2D eigenvalue weighted by molar-refractivity contribution is 7.88. The predicted molar refractivity (Wildman–Crippen MR) is 89.3 cm³/mol. The molecule has 23 heavy (non-hydrogen) atoms. The number of hydrogen-bond donors (Lipinski definition) is 0. The summed E-state index contributed by atoms with van der Waals surface area (Å²) in [6.07, 6.45) is 1.89. The van der Waals surface area contributed by atoms with Crippen LogP contribution < -0.4 is 0 Å². The lowest BCUT2D eigenvalue weighted by molar-refractivity contribution is 0.339. The van der Waals surface area contributed by atoms with Crippen molar-refractivity contribution in [1.29, 1.82) is 0 Å². The highest BCUT2D eigenvalue weighted by atomic mass is 32.2. The maximum absolute atomic E-state index is 12.7. The van der Waals surface area contributed by atoms with Crippen molar-refractivity contribution >= 4 is 10.0 Å². The van der Waals surface area contributed by atoms with Gasteiger partial charge in [0.2, 0.25) is 10.0 Å². The molecule has 0 spiro atoms. The summed E-state index contributed by atoms with van der Waals surface area (Å²) >= 11 is 0. The maximum atomic E-state index is 12.7. The molecule has 0 saturated heterocycles. The molecule has 3 rings (SSSR count). The Morgan fingerprint density at radius 2 is 1.91 bits per heavy atom. The molecule has 6 heteroatoms. The summed E-state index contributed by atoms with van der Waals surface area (Å²) in [6.45, 7) is 5.84. The van der Waals surface area contributed by atoms with Crippen molar-refractivity contribution < 1.29 is 12.9 Å². The zero-order chi connectivity index (χ0) is 16.6. The monoisotopic (exact) mass is 334 g/mol. The first-order valence-electron chi connectivity index (χ1n) is 7.90. The lowest BCUT2D eigenvalue weighted by Crippen LogP contribution is -2.39. The number of nitrogens with zero attached hydrogens (tertiary/aromatic N) is 2. The standard InChI is InChI=1S/C17H22N2O3S/c1-12(2)19(15-8-9-15)23(20,21)11-16-10-17(18-22-16)14-6-4-13(3)5-7-14/h4-7,10,12,15H,8-9,11H2,1-3H3. The van der Waals surface area contributed by atoms with Gasteiger partial charge in [-0.15, -0.1) is 0 Å². The fraction of sp³-hybridized carbons (Fsp3) is 0.471. The molecule has 2 aromatic rings. The predicted octanol–water partition coefficient (Wildman–Crippen LogP) is 3.35. The molecule has 0 radical (unpaired) electrons. The summed E-state index contributed by atoms with van der Waals surface area (Å²) in [7, 11) is -3.39. The van der Waals surface area contributed by atoms with Gasteiger partial charge in [-0.3, -0.25) is 0 Å². The molecule has 0 aliphatic heterocycles. The van der Waals surface area contributed by atoms with Crippen LogP contribution in [0.2, 0.25) is 0 Å². The molecule has 124 valence electrons. The lowest BCUT2D eigenvalue weighted by atomic mass is 10.1. The Balaban J connectivity index is 1.79. The fourth-order valence-corrected chi connectivity index (χ4v) is 4.75. The van der Waals surface area contributed by atoms with Gasteiger partial charge in [0.05, 0.1) is 0 Å². The summed E-state index contributed by atoms with van der Waals surface area (Å²) in [5.74, 6) is 0.243. The second-order valence-corrected chi connectivity index (χ2v) is 8.33. The van der Waals surface area contributed by atoms with E-state index in [9.17, 15) is 8.42 Å². The molecule has 1 aromatic heterocycles.